The van der Waals surface area contributed by atoms with Gasteiger partial charge in [0.2, 0.25) is 0 Å². The van der Waals surface area contributed by atoms with Crippen LogP contribution in [-0.2, 0) is 4.79 Å². The lowest BCUT2D eigenvalue weighted by atomic mass is 10.2. The van der Waals surface area contributed by atoms with Crippen LogP contribution >= 0.6 is 0 Å². The lowest BCUT2D eigenvalue weighted by Gasteiger charge is -2.21. The highest BCUT2D eigenvalue weighted by Gasteiger charge is 2.31. The highest BCUT2D eigenvalue weighted by Crippen LogP contribution is 2.26. The molecule has 0 spiro atoms. The molecule has 1 aliphatic carbocycles. The standard InChI is InChI=1S/C10H18N2O5/c13-6-5-12(7-1-2-7)10(17)11-4-3-8(14)9(15)16/h7-8,13-14H,1-6H2,(H,11,17)(H,15,16)/t8-/m0/s1. The molecule has 7 nitrogen and oxygen atoms in total. The average Bonchev–Trinajstić information content (AvgIpc) is 3.09. The van der Waals surface area contributed by atoms with Crippen molar-refractivity contribution in [1.29, 1.82) is 0 Å². The van der Waals surface area contributed by atoms with Gasteiger partial charge in [-0.3, -0.25) is 0 Å². The van der Waals surface area contributed by atoms with Gasteiger partial charge in [-0.25, -0.2) is 9.59 Å². The second kappa shape index (κ2) is 6.41. The van der Waals surface area contributed by atoms with Gasteiger partial charge in [-0.1, -0.05) is 0 Å². The van der Waals surface area contributed by atoms with Crippen LogP contribution in [0.3, 0.4) is 0 Å². The molecule has 1 saturated carbocycles. The Morgan fingerprint density at radius 2 is 2.06 bits per heavy atom. The van der Waals surface area contributed by atoms with E-state index in [0.717, 1.165) is 12.8 Å². The predicted octanol–water partition coefficient (Wildman–Crippen LogP) is -1.01. The zero-order valence-electron chi connectivity index (χ0n) is 9.50. The number of urea groups is 1. The molecule has 0 bridgehead atoms. The van der Waals surface area contributed by atoms with Crippen LogP contribution in [0.15, 0.2) is 0 Å². The average molecular weight is 246 g/mol. The lowest BCUT2D eigenvalue weighted by molar-refractivity contribution is -0.146. The van der Waals surface area contributed by atoms with E-state index in [0.29, 0.717) is 0 Å². The monoisotopic (exact) mass is 246 g/mol. The van der Waals surface area contributed by atoms with Crippen LogP contribution in [-0.4, -0.2) is 64.1 Å². The maximum absolute atomic E-state index is 11.6. The molecule has 1 aliphatic rings. The minimum absolute atomic E-state index is 0.0291. The van der Waals surface area contributed by atoms with Gasteiger partial charge in [0, 0.05) is 25.6 Å². The van der Waals surface area contributed by atoms with E-state index < -0.39 is 12.1 Å². The number of carbonyl (C=O) groups is 2. The van der Waals surface area contributed by atoms with Crippen LogP contribution in [0.2, 0.25) is 0 Å². The van der Waals surface area contributed by atoms with E-state index >= 15 is 0 Å². The largest absolute Gasteiger partial charge is 0.479 e. The van der Waals surface area contributed by atoms with Gasteiger partial charge < -0.3 is 25.5 Å². The third-order valence-electron chi connectivity index (χ3n) is 2.57. The van der Waals surface area contributed by atoms with Crippen molar-refractivity contribution >= 4 is 12.0 Å². The van der Waals surface area contributed by atoms with Gasteiger partial charge in [0.25, 0.3) is 0 Å². The van der Waals surface area contributed by atoms with Gasteiger partial charge in [-0.05, 0) is 12.8 Å². The van der Waals surface area contributed by atoms with Crippen LogP contribution in [0.1, 0.15) is 19.3 Å². The van der Waals surface area contributed by atoms with E-state index in [4.69, 9.17) is 15.3 Å². The number of hydrogen-bond donors (Lipinski definition) is 4. The van der Waals surface area contributed by atoms with E-state index in [9.17, 15) is 9.59 Å². The van der Waals surface area contributed by atoms with E-state index in [1.807, 2.05) is 0 Å². The summed E-state index contributed by atoms with van der Waals surface area (Å²) in [5.74, 6) is -1.30. The summed E-state index contributed by atoms with van der Waals surface area (Å²) in [6, 6.07) is -0.134. The molecule has 1 fully saturated rings. The molecule has 0 aromatic rings. The highest BCUT2D eigenvalue weighted by atomic mass is 16.4. The van der Waals surface area contributed by atoms with Crippen molar-refractivity contribution in [1.82, 2.24) is 10.2 Å². The molecule has 0 heterocycles. The van der Waals surface area contributed by atoms with Gasteiger partial charge in [0.15, 0.2) is 6.10 Å². The second-order valence-corrected chi connectivity index (χ2v) is 4.02. The third kappa shape index (κ3) is 4.58. The Morgan fingerprint density at radius 1 is 1.41 bits per heavy atom. The highest BCUT2D eigenvalue weighted by molar-refractivity contribution is 5.75. The number of hydrogen-bond acceptors (Lipinski definition) is 4. The number of nitrogens with one attached hydrogen (secondary N) is 1. The Morgan fingerprint density at radius 3 is 2.53 bits per heavy atom. The van der Waals surface area contributed by atoms with Crippen molar-refractivity contribution in [3.8, 4) is 0 Å². The maximum Gasteiger partial charge on any atom is 0.332 e. The number of amides is 2. The molecule has 98 valence electrons. The van der Waals surface area contributed by atoms with E-state index in [1.54, 1.807) is 0 Å². The number of carboxylic acids is 1. The first-order valence-electron chi connectivity index (χ1n) is 5.62. The topological polar surface area (TPSA) is 110 Å². The van der Waals surface area contributed by atoms with Crippen LogP contribution in [0.5, 0.6) is 0 Å². The number of carbonyl (C=O) groups excluding carboxylic acids is 1. The maximum atomic E-state index is 11.6. The molecule has 0 radical (unpaired) electrons. The number of nitrogens with zero attached hydrogens (tertiary/aromatic N) is 1. The Kier molecular flexibility index (Phi) is 5.17. The fourth-order valence-electron chi connectivity index (χ4n) is 1.48. The number of carboxylic acid groups (broad SMARTS) is 1. The molecule has 1 atom stereocenters. The molecule has 4 N–H and O–H groups in total. The molecule has 7 heteroatoms. The first kappa shape index (κ1) is 13.7. The number of aliphatic carboxylic acids is 1. The van der Waals surface area contributed by atoms with Crippen molar-refractivity contribution in [2.75, 3.05) is 19.7 Å². The molecule has 0 aliphatic heterocycles. The summed E-state index contributed by atoms with van der Waals surface area (Å²) in [6.45, 7) is 0.278. The van der Waals surface area contributed by atoms with Crippen LogP contribution in [0, 0.1) is 0 Å². The van der Waals surface area contributed by atoms with E-state index in [1.165, 1.54) is 4.90 Å². The predicted molar refractivity (Wildman–Crippen MR) is 58.5 cm³/mol. The van der Waals surface area contributed by atoms with Crippen molar-refractivity contribution in [3.63, 3.8) is 0 Å². The third-order valence-corrected chi connectivity index (χ3v) is 2.57. The summed E-state index contributed by atoms with van der Waals surface area (Å²) in [5.41, 5.74) is 0. The molecule has 0 unspecified atom stereocenters. The molecule has 17 heavy (non-hydrogen) atoms. The molecular formula is C10H18N2O5. The van der Waals surface area contributed by atoms with Gasteiger partial charge in [0.05, 0.1) is 6.61 Å². The van der Waals surface area contributed by atoms with Gasteiger partial charge in [-0.15, -0.1) is 0 Å². The summed E-state index contributed by atoms with van der Waals surface area (Å²) in [6.07, 6.45) is 0.386. The normalized spacial score (nSPS) is 16.4. The summed E-state index contributed by atoms with van der Waals surface area (Å²) < 4.78 is 0. The van der Waals surface area contributed by atoms with Crippen LogP contribution < -0.4 is 5.32 Å². The summed E-state index contributed by atoms with van der Waals surface area (Å²) in [4.78, 5) is 23.5. The minimum Gasteiger partial charge on any atom is -0.479 e. The van der Waals surface area contributed by atoms with E-state index in [2.05, 4.69) is 5.32 Å². The van der Waals surface area contributed by atoms with Gasteiger partial charge >= 0.3 is 12.0 Å². The Balaban J connectivity index is 2.25. The molecule has 0 saturated heterocycles. The van der Waals surface area contributed by atoms with Crippen molar-refractivity contribution in [2.24, 2.45) is 0 Å². The van der Waals surface area contributed by atoms with Gasteiger partial charge in [0.1, 0.15) is 0 Å². The molecule has 0 aromatic heterocycles. The smallest absolute Gasteiger partial charge is 0.332 e. The quantitative estimate of drug-likeness (QED) is 0.460. The number of aliphatic hydroxyl groups excluding tert-OH is 2. The van der Waals surface area contributed by atoms with Crippen molar-refractivity contribution < 1.29 is 24.9 Å². The summed E-state index contributed by atoms with van der Waals surface area (Å²) >= 11 is 0. The number of rotatable bonds is 7. The van der Waals surface area contributed by atoms with Crippen molar-refractivity contribution in [2.45, 2.75) is 31.4 Å². The summed E-state index contributed by atoms with van der Waals surface area (Å²) in [5, 5.41) is 28.8. The lowest BCUT2D eigenvalue weighted by Crippen LogP contribution is -2.43. The Hall–Kier alpha value is -1.34. The molecule has 0 aromatic carbocycles. The van der Waals surface area contributed by atoms with Crippen LogP contribution in [0.25, 0.3) is 0 Å². The summed E-state index contributed by atoms with van der Waals surface area (Å²) in [7, 11) is 0. The van der Waals surface area contributed by atoms with E-state index in [-0.39, 0.29) is 38.2 Å². The Labute approximate surface area is 99.0 Å². The molecular weight excluding hydrogens is 228 g/mol. The second-order valence-electron chi connectivity index (χ2n) is 4.02. The van der Waals surface area contributed by atoms with Gasteiger partial charge in [-0.2, -0.15) is 0 Å². The van der Waals surface area contributed by atoms with Crippen molar-refractivity contribution in [3.05, 3.63) is 0 Å². The molecule has 2 amide bonds. The first-order valence-corrected chi connectivity index (χ1v) is 5.62. The fraction of sp³-hybridized carbons (Fsp3) is 0.800. The zero-order chi connectivity index (χ0) is 12.8. The minimum atomic E-state index is -1.46. The van der Waals surface area contributed by atoms with Crippen LogP contribution in [0.4, 0.5) is 4.79 Å². The Bertz CT molecular complexity index is 280. The molecule has 1 rings (SSSR count). The number of aliphatic hydroxyl groups is 2. The first-order chi connectivity index (χ1) is 8.06. The zero-order valence-corrected chi connectivity index (χ0v) is 9.50. The fourth-order valence-corrected chi connectivity index (χ4v) is 1.48. The SMILES string of the molecule is O=C(O)[C@@H](O)CCNC(=O)N(CCO)C1CC1.